The van der Waals surface area contributed by atoms with Crippen LogP contribution in [0.4, 0.5) is 0 Å². The number of aliphatic carboxylic acids is 1. The third-order valence-corrected chi connectivity index (χ3v) is 5.56. The summed E-state index contributed by atoms with van der Waals surface area (Å²) in [4.78, 5) is 50.1. The number of nitrogens with one attached hydrogen (secondary N) is 5. The van der Waals surface area contributed by atoms with E-state index in [1.165, 1.54) is 6.92 Å². The number of hydrogen-bond donors (Lipinski definition) is 9. The lowest BCUT2D eigenvalue weighted by molar-refractivity contribution is -0.143. The largest absolute Gasteiger partial charge is 0.480 e. The van der Waals surface area contributed by atoms with E-state index >= 15 is 0 Å². The van der Waals surface area contributed by atoms with Crippen molar-refractivity contribution in [2.24, 2.45) is 23.3 Å². The van der Waals surface area contributed by atoms with Crippen molar-refractivity contribution in [3.05, 3.63) is 0 Å². The number of hydrogen-bond acceptors (Lipinski definition) is 7. The molecule has 3 amide bonds. The highest BCUT2D eigenvalue weighted by Crippen LogP contribution is 2.11. The van der Waals surface area contributed by atoms with Crippen molar-refractivity contribution in [1.29, 1.82) is 5.41 Å². The van der Waals surface area contributed by atoms with Crippen LogP contribution in [0.2, 0.25) is 0 Å². The molecule has 0 radical (unpaired) electrons. The Morgan fingerprint density at radius 1 is 0.943 bits per heavy atom. The van der Waals surface area contributed by atoms with E-state index in [1.807, 2.05) is 20.8 Å². The van der Waals surface area contributed by atoms with Crippen LogP contribution in [0, 0.1) is 17.2 Å². The molecule has 6 atom stereocenters. The number of amides is 3. The fraction of sp³-hybridized carbons (Fsp3) is 0.773. The molecule has 35 heavy (non-hydrogen) atoms. The van der Waals surface area contributed by atoms with E-state index in [-0.39, 0.29) is 37.2 Å². The molecule has 0 rings (SSSR count). The maximum absolute atomic E-state index is 13.1. The number of carboxylic acids is 1. The zero-order valence-corrected chi connectivity index (χ0v) is 21.3. The highest BCUT2D eigenvalue weighted by Gasteiger charge is 2.33. The second-order valence-electron chi connectivity index (χ2n) is 9.21. The minimum atomic E-state index is -1.24. The van der Waals surface area contributed by atoms with E-state index in [2.05, 4.69) is 21.3 Å². The van der Waals surface area contributed by atoms with Crippen LogP contribution in [0.3, 0.4) is 0 Å². The molecule has 0 heterocycles. The van der Waals surface area contributed by atoms with Gasteiger partial charge in [0.25, 0.3) is 0 Å². The van der Waals surface area contributed by atoms with Crippen molar-refractivity contribution in [2.45, 2.75) is 90.6 Å². The summed E-state index contributed by atoms with van der Waals surface area (Å²) in [5.41, 5.74) is 10.9. The summed E-state index contributed by atoms with van der Waals surface area (Å²) < 4.78 is 0. The minimum absolute atomic E-state index is 0.00679. The molecular weight excluding hydrogens is 458 g/mol. The fourth-order valence-electron chi connectivity index (χ4n) is 3.20. The highest BCUT2D eigenvalue weighted by molar-refractivity contribution is 5.94. The standard InChI is InChI=1S/C22H43N7O6/c1-6-12(4)17(29-19(32)16(23)13(5)30)20(33)27-14(8-7-9-26-22(24)25)18(31)28-15(21(34)35)10-11(2)3/h11-17,30H,6-10,23H2,1-5H3,(H,27,33)(H,28,31)(H,29,32)(H,34,35)(H4,24,25,26)/t12-,13+,14-,15-,16-,17-/m0/s1. The summed E-state index contributed by atoms with van der Waals surface area (Å²) in [6.07, 6.45) is 0.0675. The number of carbonyl (C=O) groups is 4. The van der Waals surface area contributed by atoms with Gasteiger partial charge in [0.05, 0.1) is 6.10 Å². The molecule has 0 saturated heterocycles. The first-order valence-electron chi connectivity index (χ1n) is 11.9. The second kappa shape index (κ2) is 15.9. The van der Waals surface area contributed by atoms with Crippen molar-refractivity contribution in [3.8, 4) is 0 Å². The molecule has 0 aliphatic heterocycles. The number of guanidine groups is 1. The van der Waals surface area contributed by atoms with Crippen LogP contribution in [0.15, 0.2) is 0 Å². The zero-order valence-electron chi connectivity index (χ0n) is 21.3. The number of rotatable bonds is 16. The lowest BCUT2D eigenvalue weighted by Crippen LogP contribution is -2.59. The maximum atomic E-state index is 13.1. The lowest BCUT2D eigenvalue weighted by Gasteiger charge is -2.28. The number of aliphatic hydroxyl groups is 1. The Hall–Kier alpha value is -2.93. The van der Waals surface area contributed by atoms with Crippen LogP contribution >= 0.6 is 0 Å². The number of aliphatic hydroxyl groups excluding tert-OH is 1. The average molecular weight is 502 g/mol. The zero-order chi connectivity index (χ0) is 27.3. The fourth-order valence-corrected chi connectivity index (χ4v) is 3.20. The van der Waals surface area contributed by atoms with Crippen molar-refractivity contribution in [3.63, 3.8) is 0 Å². The van der Waals surface area contributed by atoms with Gasteiger partial charge in [0.1, 0.15) is 24.2 Å². The molecule has 0 aliphatic rings. The van der Waals surface area contributed by atoms with Crippen molar-refractivity contribution in [1.82, 2.24) is 21.3 Å². The van der Waals surface area contributed by atoms with Crippen LogP contribution in [0.1, 0.15) is 60.3 Å². The summed E-state index contributed by atoms with van der Waals surface area (Å²) in [7, 11) is 0. The quantitative estimate of drug-likeness (QED) is 0.0685. The average Bonchev–Trinajstić information content (AvgIpc) is 2.76. The monoisotopic (exact) mass is 501 g/mol. The third-order valence-electron chi connectivity index (χ3n) is 5.56. The molecule has 0 aromatic carbocycles. The summed E-state index contributed by atoms with van der Waals surface area (Å²) in [6.45, 7) is 8.84. The van der Waals surface area contributed by atoms with Crippen LogP contribution in [0.5, 0.6) is 0 Å². The van der Waals surface area contributed by atoms with E-state index in [0.717, 1.165) is 0 Å². The van der Waals surface area contributed by atoms with Gasteiger partial charge in [-0.05, 0) is 38.0 Å². The van der Waals surface area contributed by atoms with Gasteiger partial charge < -0.3 is 42.9 Å². The summed E-state index contributed by atoms with van der Waals surface area (Å²) in [5, 5.41) is 36.5. The molecule has 0 aromatic heterocycles. The molecule has 11 N–H and O–H groups in total. The Kier molecular flexibility index (Phi) is 14.5. The van der Waals surface area contributed by atoms with Gasteiger partial charge in [-0.1, -0.05) is 34.1 Å². The van der Waals surface area contributed by atoms with Crippen LogP contribution < -0.4 is 32.7 Å². The molecule has 0 fully saturated rings. The predicted octanol–water partition coefficient (Wildman–Crippen LogP) is -1.41. The Labute approximate surface area is 206 Å². The molecule has 0 saturated carbocycles. The van der Waals surface area contributed by atoms with Crippen LogP contribution in [-0.2, 0) is 19.2 Å². The normalized spacial score (nSPS) is 16.2. The highest BCUT2D eigenvalue weighted by atomic mass is 16.4. The number of carboxylic acid groups (broad SMARTS) is 1. The van der Waals surface area contributed by atoms with E-state index in [1.54, 1.807) is 6.92 Å². The van der Waals surface area contributed by atoms with Crippen molar-refractivity contribution in [2.75, 3.05) is 6.54 Å². The summed E-state index contributed by atoms with van der Waals surface area (Å²) in [5.74, 6) is -3.78. The Balaban J connectivity index is 5.65. The van der Waals surface area contributed by atoms with Crippen molar-refractivity contribution < 1.29 is 29.4 Å². The third kappa shape index (κ3) is 12.4. The van der Waals surface area contributed by atoms with Crippen LogP contribution in [-0.4, -0.2) is 76.7 Å². The SMILES string of the molecule is CC[C@H](C)[C@H](NC(=O)[C@@H](N)[C@@H](C)O)C(=O)N[C@@H](CCCNC(=N)N)C(=O)N[C@@H](CC(C)C)C(=O)O. The Morgan fingerprint density at radius 2 is 1.51 bits per heavy atom. The first-order valence-corrected chi connectivity index (χ1v) is 11.9. The van der Waals surface area contributed by atoms with Gasteiger partial charge in [-0.15, -0.1) is 0 Å². The first kappa shape index (κ1) is 32.1. The topological polar surface area (TPSA) is 233 Å². The molecule has 0 bridgehead atoms. The molecule has 202 valence electrons. The molecule has 0 aromatic rings. The molecule has 0 aliphatic carbocycles. The van der Waals surface area contributed by atoms with Crippen LogP contribution in [0.25, 0.3) is 0 Å². The Morgan fingerprint density at radius 3 is 1.97 bits per heavy atom. The van der Waals surface area contributed by atoms with E-state index in [4.69, 9.17) is 16.9 Å². The first-order chi connectivity index (χ1) is 16.2. The molecule has 0 spiro atoms. The Bertz CT molecular complexity index is 731. The van der Waals surface area contributed by atoms with E-state index in [0.29, 0.717) is 12.8 Å². The molecule has 13 nitrogen and oxygen atoms in total. The molecular formula is C22H43N7O6. The number of carbonyl (C=O) groups excluding carboxylic acids is 3. The minimum Gasteiger partial charge on any atom is -0.480 e. The van der Waals surface area contributed by atoms with Gasteiger partial charge in [-0.2, -0.15) is 0 Å². The smallest absolute Gasteiger partial charge is 0.326 e. The maximum Gasteiger partial charge on any atom is 0.326 e. The second-order valence-corrected chi connectivity index (χ2v) is 9.21. The lowest BCUT2D eigenvalue weighted by atomic mass is 9.96. The predicted molar refractivity (Wildman–Crippen MR) is 131 cm³/mol. The number of nitrogens with two attached hydrogens (primary N) is 2. The van der Waals surface area contributed by atoms with Gasteiger partial charge in [-0.3, -0.25) is 19.8 Å². The molecule has 0 unspecified atom stereocenters. The van der Waals surface area contributed by atoms with Crippen molar-refractivity contribution >= 4 is 29.7 Å². The van der Waals surface area contributed by atoms with Gasteiger partial charge in [0.15, 0.2) is 5.96 Å². The summed E-state index contributed by atoms with van der Waals surface area (Å²) in [6, 6.07) is -4.50. The summed E-state index contributed by atoms with van der Waals surface area (Å²) >= 11 is 0. The van der Waals surface area contributed by atoms with E-state index < -0.39 is 54.0 Å². The van der Waals surface area contributed by atoms with Gasteiger partial charge in [-0.25, -0.2) is 4.79 Å². The van der Waals surface area contributed by atoms with E-state index in [9.17, 15) is 29.4 Å². The van der Waals surface area contributed by atoms with Gasteiger partial charge >= 0.3 is 5.97 Å². The molecule has 13 heteroatoms. The van der Waals surface area contributed by atoms with Gasteiger partial charge in [0.2, 0.25) is 17.7 Å². The van der Waals surface area contributed by atoms with Gasteiger partial charge in [0, 0.05) is 6.54 Å².